The van der Waals surface area contributed by atoms with E-state index in [1.165, 1.54) is 21.7 Å². The first-order chi connectivity index (χ1) is 8.72. The molecule has 7 nitrogen and oxygen atoms in total. The van der Waals surface area contributed by atoms with E-state index in [2.05, 4.69) is 9.97 Å². The number of imidazole rings is 1. The fourth-order valence-corrected chi connectivity index (χ4v) is 1.55. The van der Waals surface area contributed by atoms with Gasteiger partial charge in [-0.3, -0.25) is 9.36 Å². The topological polar surface area (TPSA) is 100 Å². The smallest absolute Gasteiger partial charge is 0.294 e. The Kier molecular flexibility index (Phi) is 2.90. The molecular weight excluding hydrogens is 232 g/mol. The second kappa shape index (κ2) is 4.52. The van der Waals surface area contributed by atoms with E-state index in [0.29, 0.717) is 6.54 Å². The Morgan fingerprint density at radius 1 is 1.33 bits per heavy atom. The second-order valence-corrected chi connectivity index (χ2v) is 3.38. The van der Waals surface area contributed by atoms with Gasteiger partial charge in [-0.25, -0.2) is 9.97 Å². The highest BCUT2D eigenvalue weighted by Crippen LogP contribution is 2.08. The Labute approximate surface area is 102 Å². The van der Waals surface area contributed by atoms with E-state index in [1.807, 2.05) is 13.0 Å². The summed E-state index contributed by atoms with van der Waals surface area (Å²) < 4.78 is 2.68. The van der Waals surface area contributed by atoms with Crippen molar-refractivity contribution < 1.29 is 0 Å². The molecule has 0 spiro atoms. The molecule has 0 saturated heterocycles. The fourth-order valence-electron chi connectivity index (χ4n) is 1.55. The molecule has 0 bridgehead atoms. The predicted octanol–water partition coefficient (Wildman–Crippen LogP) is 0.192. The van der Waals surface area contributed by atoms with Crippen LogP contribution in [0, 0.1) is 22.7 Å². The molecule has 2 rings (SSSR count). The van der Waals surface area contributed by atoms with Gasteiger partial charge in [-0.05, 0) is 6.92 Å². The highest BCUT2D eigenvalue weighted by molar-refractivity contribution is 5.40. The molecule has 0 aliphatic heterocycles. The molecule has 2 heterocycles. The quantitative estimate of drug-likeness (QED) is 0.745. The normalized spacial score (nSPS) is 9.72. The van der Waals surface area contributed by atoms with Crippen LogP contribution in [-0.4, -0.2) is 19.1 Å². The summed E-state index contributed by atoms with van der Waals surface area (Å²) in [7, 11) is 0. The molecule has 0 fully saturated rings. The van der Waals surface area contributed by atoms with Gasteiger partial charge >= 0.3 is 0 Å². The predicted molar refractivity (Wildman–Crippen MR) is 60.7 cm³/mol. The zero-order valence-electron chi connectivity index (χ0n) is 9.53. The fraction of sp³-hybridized carbons (Fsp3) is 0.182. The second-order valence-electron chi connectivity index (χ2n) is 3.38. The summed E-state index contributed by atoms with van der Waals surface area (Å²) in [4.78, 5) is 19.7. The first-order valence-electron chi connectivity index (χ1n) is 5.16. The highest BCUT2D eigenvalue weighted by Gasteiger charge is 2.15. The van der Waals surface area contributed by atoms with Crippen molar-refractivity contribution in [3.8, 4) is 18.0 Å². The zero-order valence-corrected chi connectivity index (χ0v) is 9.53. The van der Waals surface area contributed by atoms with Gasteiger partial charge in [-0.2, -0.15) is 10.5 Å². The largest absolute Gasteiger partial charge is 0.311 e. The van der Waals surface area contributed by atoms with E-state index >= 15 is 0 Å². The molecule has 0 aliphatic rings. The Morgan fingerprint density at radius 3 is 2.72 bits per heavy atom. The summed E-state index contributed by atoms with van der Waals surface area (Å²) in [6, 6.07) is 3.64. The third-order valence-corrected chi connectivity index (χ3v) is 2.44. The summed E-state index contributed by atoms with van der Waals surface area (Å²) >= 11 is 0. The molecule has 0 atom stereocenters. The van der Waals surface area contributed by atoms with Crippen molar-refractivity contribution in [3.05, 3.63) is 40.5 Å². The number of nitrogens with zero attached hydrogens (tertiary/aromatic N) is 6. The van der Waals surface area contributed by atoms with E-state index in [0.717, 1.165) is 0 Å². The number of rotatable bonds is 2. The maximum Gasteiger partial charge on any atom is 0.294 e. The van der Waals surface area contributed by atoms with Crippen molar-refractivity contribution in [2.75, 3.05) is 0 Å². The minimum absolute atomic E-state index is 0.0101. The molecule has 88 valence electrons. The summed E-state index contributed by atoms with van der Waals surface area (Å²) in [5, 5.41) is 17.8. The monoisotopic (exact) mass is 240 g/mol. The minimum atomic E-state index is -0.335. The summed E-state index contributed by atoms with van der Waals surface area (Å²) in [6.45, 7) is 2.32. The van der Waals surface area contributed by atoms with Gasteiger partial charge in [0.2, 0.25) is 5.82 Å². The molecule has 18 heavy (non-hydrogen) atoms. The van der Waals surface area contributed by atoms with Crippen LogP contribution < -0.4 is 5.56 Å². The third-order valence-electron chi connectivity index (χ3n) is 2.44. The van der Waals surface area contributed by atoms with Crippen LogP contribution in [0.1, 0.15) is 18.3 Å². The summed E-state index contributed by atoms with van der Waals surface area (Å²) in [5.74, 6) is 0.0601. The SMILES string of the molecule is CCn1ccnc(-n2cnc(C#N)c2C#N)c1=O. The van der Waals surface area contributed by atoms with Gasteiger partial charge in [0.15, 0.2) is 11.4 Å². The van der Waals surface area contributed by atoms with E-state index < -0.39 is 0 Å². The number of aromatic nitrogens is 4. The number of aryl methyl sites for hydroxylation is 1. The van der Waals surface area contributed by atoms with E-state index in [4.69, 9.17) is 10.5 Å². The van der Waals surface area contributed by atoms with Gasteiger partial charge in [-0.1, -0.05) is 0 Å². The Balaban J connectivity index is 2.72. The first kappa shape index (κ1) is 11.6. The average molecular weight is 240 g/mol. The van der Waals surface area contributed by atoms with Crippen molar-refractivity contribution in [2.45, 2.75) is 13.5 Å². The number of nitriles is 2. The highest BCUT2D eigenvalue weighted by atomic mass is 16.1. The summed E-state index contributed by atoms with van der Waals surface area (Å²) in [5.41, 5.74) is -0.347. The van der Waals surface area contributed by atoms with Gasteiger partial charge in [-0.15, -0.1) is 0 Å². The molecule has 2 aromatic rings. The lowest BCUT2D eigenvalue weighted by Gasteiger charge is -2.05. The molecule has 0 N–H and O–H groups in total. The minimum Gasteiger partial charge on any atom is -0.311 e. The molecule has 0 aromatic carbocycles. The zero-order chi connectivity index (χ0) is 13.1. The molecule has 0 aliphatic carbocycles. The van der Waals surface area contributed by atoms with Gasteiger partial charge in [0.1, 0.15) is 18.5 Å². The molecule has 2 aromatic heterocycles. The van der Waals surface area contributed by atoms with Crippen molar-refractivity contribution in [3.63, 3.8) is 0 Å². The van der Waals surface area contributed by atoms with Crippen LogP contribution in [0.25, 0.3) is 5.82 Å². The standard InChI is InChI=1S/C11H8N6O/c1-2-16-4-3-14-10(11(16)18)17-7-15-8(5-12)9(17)6-13/h3-4,7H,2H2,1H3. The Bertz CT molecular complexity index is 727. The van der Waals surface area contributed by atoms with Crippen LogP contribution in [0.4, 0.5) is 0 Å². The number of hydrogen-bond donors (Lipinski definition) is 0. The lowest BCUT2D eigenvalue weighted by atomic mass is 10.3. The van der Waals surface area contributed by atoms with E-state index in [9.17, 15) is 4.79 Å². The van der Waals surface area contributed by atoms with Crippen molar-refractivity contribution in [2.24, 2.45) is 0 Å². The Morgan fingerprint density at radius 2 is 2.11 bits per heavy atom. The maximum absolute atomic E-state index is 12.0. The van der Waals surface area contributed by atoms with Crippen molar-refractivity contribution >= 4 is 0 Å². The van der Waals surface area contributed by atoms with E-state index in [1.54, 1.807) is 12.3 Å². The van der Waals surface area contributed by atoms with Crippen LogP contribution >= 0.6 is 0 Å². The lowest BCUT2D eigenvalue weighted by molar-refractivity contribution is 0.704. The molecule has 0 saturated carbocycles. The van der Waals surface area contributed by atoms with Gasteiger partial charge in [0.25, 0.3) is 5.56 Å². The molecule has 0 amide bonds. The molecule has 0 unspecified atom stereocenters. The van der Waals surface area contributed by atoms with Crippen LogP contribution in [-0.2, 0) is 6.54 Å². The lowest BCUT2D eigenvalue weighted by Crippen LogP contribution is -2.24. The first-order valence-corrected chi connectivity index (χ1v) is 5.16. The average Bonchev–Trinajstić information content (AvgIpc) is 2.81. The van der Waals surface area contributed by atoms with Crippen molar-refractivity contribution in [1.29, 1.82) is 10.5 Å². The van der Waals surface area contributed by atoms with E-state index in [-0.39, 0.29) is 22.8 Å². The van der Waals surface area contributed by atoms with Gasteiger partial charge < -0.3 is 4.57 Å². The van der Waals surface area contributed by atoms with Crippen LogP contribution in [0.2, 0.25) is 0 Å². The summed E-state index contributed by atoms with van der Waals surface area (Å²) in [6.07, 6.45) is 4.27. The molecule has 7 heteroatoms. The maximum atomic E-state index is 12.0. The van der Waals surface area contributed by atoms with Crippen molar-refractivity contribution in [1.82, 2.24) is 19.1 Å². The third kappa shape index (κ3) is 1.64. The number of hydrogen-bond acceptors (Lipinski definition) is 5. The van der Waals surface area contributed by atoms with Gasteiger partial charge in [0.05, 0.1) is 0 Å². The molecule has 0 radical (unpaired) electrons. The Hall–Kier alpha value is -2.93. The van der Waals surface area contributed by atoms with Crippen LogP contribution in [0.5, 0.6) is 0 Å². The van der Waals surface area contributed by atoms with Crippen LogP contribution in [0.15, 0.2) is 23.5 Å². The molecular formula is C11H8N6O. The van der Waals surface area contributed by atoms with Crippen LogP contribution in [0.3, 0.4) is 0 Å². The van der Waals surface area contributed by atoms with Gasteiger partial charge in [0, 0.05) is 18.9 Å².